The maximum atomic E-state index is 11.1. The van der Waals surface area contributed by atoms with Crippen molar-refractivity contribution in [1.29, 1.82) is 0 Å². The van der Waals surface area contributed by atoms with Crippen molar-refractivity contribution in [2.75, 3.05) is 6.16 Å². The van der Waals surface area contributed by atoms with E-state index in [1.165, 1.54) is 0 Å². The molecule has 0 aromatic rings. The summed E-state index contributed by atoms with van der Waals surface area (Å²) in [6.07, 6.45) is 13.1. The largest absolute Gasteiger partial charge is 0.446 e. The van der Waals surface area contributed by atoms with E-state index in [9.17, 15) is 4.57 Å². The quantitative estimate of drug-likeness (QED) is 0.460. The van der Waals surface area contributed by atoms with Gasteiger partial charge in [-0.25, -0.2) is 4.57 Å². The topological polar surface area (TPSA) is 35.5 Å². The third-order valence-corrected chi connectivity index (χ3v) is 2.31. The van der Waals surface area contributed by atoms with Gasteiger partial charge in [0.1, 0.15) is 12.2 Å². The molecule has 0 unspecified atom stereocenters. The average Bonchev–Trinajstić information content (AvgIpc) is 1.89. The maximum absolute atomic E-state index is 11.1. The highest BCUT2D eigenvalue weighted by Gasteiger charge is 2.21. The Morgan fingerprint density at radius 2 is 1.80 bits per heavy atom. The van der Waals surface area contributed by atoms with Crippen molar-refractivity contribution in [3.8, 4) is 25.1 Å². The lowest BCUT2D eigenvalue weighted by molar-refractivity contribution is 0.356. The third-order valence-electron chi connectivity index (χ3n) is 0.771. The Balaban J connectivity index is 4.16. The summed E-state index contributed by atoms with van der Waals surface area (Å²) in [5.74, 6) is 0. The first-order valence-electron chi connectivity index (χ1n) is 2.56. The van der Waals surface area contributed by atoms with Gasteiger partial charge in [0.25, 0.3) is 0 Å². The van der Waals surface area contributed by atoms with Crippen molar-refractivity contribution in [2.45, 2.75) is 6.92 Å². The second-order valence-corrected chi connectivity index (χ2v) is 3.56. The summed E-state index contributed by atoms with van der Waals surface area (Å²) in [4.78, 5) is 0. The zero-order chi connectivity index (χ0) is 8.04. The minimum atomic E-state index is -3.17. The molecule has 0 atom stereocenters. The lowest BCUT2D eigenvalue weighted by Crippen LogP contribution is -1.88. The van der Waals surface area contributed by atoms with Gasteiger partial charge in [-0.15, -0.1) is 0 Å². The second-order valence-electron chi connectivity index (χ2n) is 1.35. The Morgan fingerprint density at radius 3 is 2.00 bits per heavy atom. The molecule has 0 aromatic carbocycles. The molecule has 0 bridgehead atoms. The van der Waals surface area contributed by atoms with Crippen LogP contribution in [0.25, 0.3) is 0 Å². The lowest BCUT2D eigenvalue weighted by atomic mass is 11.0. The van der Waals surface area contributed by atoms with E-state index < -0.39 is 7.60 Å². The molecule has 0 saturated carbocycles. The van der Waals surface area contributed by atoms with Gasteiger partial charge in [0.15, 0.2) is 0 Å². The average molecular weight is 158 g/mol. The second kappa shape index (κ2) is 3.88. The molecule has 0 aromatic heterocycles. The third kappa shape index (κ3) is 2.49. The van der Waals surface area contributed by atoms with Gasteiger partial charge in [0, 0.05) is 0 Å². The predicted molar refractivity (Wildman–Crippen MR) is 38.0 cm³/mol. The van der Waals surface area contributed by atoms with Crippen LogP contribution in [-0.4, -0.2) is 6.16 Å². The molecule has 0 saturated heterocycles. The van der Waals surface area contributed by atoms with E-state index in [0.29, 0.717) is 0 Å². The SMILES string of the molecule is C#COP(=O)(CC)OC#C. The van der Waals surface area contributed by atoms with E-state index in [0.717, 1.165) is 0 Å². The van der Waals surface area contributed by atoms with Crippen molar-refractivity contribution in [3.05, 3.63) is 0 Å². The van der Waals surface area contributed by atoms with E-state index in [-0.39, 0.29) is 6.16 Å². The number of hydrogen-bond acceptors (Lipinski definition) is 3. The first kappa shape index (κ1) is 8.95. The molecule has 0 radical (unpaired) electrons. The predicted octanol–water partition coefficient (Wildman–Crippen LogP) is 1.41. The van der Waals surface area contributed by atoms with Crippen LogP contribution in [0.15, 0.2) is 0 Å². The summed E-state index contributed by atoms with van der Waals surface area (Å²) in [5, 5.41) is 0. The first-order chi connectivity index (χ1) is 4.68. The van der Waals surface area contributed by atoms with Crippen LogP contribution in [0.4, 0.5) is 0 Å². The van der Waals surface area contributed by atoms with Crippen molar-refractivity contribution >= 4 is 7.60 Å². The van der Waals surface area contributed by atoms with Gasteiger partial charge in [-0.3, -0.25) is 0 Å². The Morgan fingerprint density at radius 1 is 1.40 bits per heavy atom. The van der Waals surface area contributed by atoms with Gasteiger partial charge < -0.3 is 9.05 Å². The van der Waals surface area contributed by atoms with Crippen LogP contribution in [0.2, 0.25) is 0 Å². The van der Waals surface area contributed by atoms with Gasteiger partial charge in [-0.05, 0) is 0 Å². The van der Waals surface area contributed by atoms with Crippen LogP contribution in [0.1, 0.15) is 6.92 Å². The summed E-state index contributed by atoms with van der Waals surface area (Å²) in [6.45, 7) is 1.61. The van der Waals surface area contributed by atoms with E-state index in [1.807, 2.05) is 0 Å². The molecule has 0 spiro atoms. The van der Waals surface area contributed by atoms with Gasteiger partial charge in [0.2, 0.25) is 0 Å². The molecule has 0 aliphatic carbocycles. The van der Waals surface area contributed by atoms with Crippen molar-refractivity contribution in [3.63, 3.8) is 0 Å². The highest BCUT2D eigenvalue weighted by molar-refractivity contribution is 7.54. The minimum absolute atomic E-state index is 0.168. The van der Waals surface area contributed by atoms with Gasteiger partial charge in [0.05, 0.1) is 6.16 Å². The monoisotopic (exact) mass is 158 g/mol. The summed E-state index contributed by atoms with van der Waals surface area (Å²) < 4.78 is 19.7. The number of terminal acetylenes is 2. The molecule has 54 valence electrons. The zero-order valence-corrected chi connectivity index (χ0v) is 6.43. The van der Waals surface area contributed by atoms with Crippen LogP contribution in [0.3, 0.4) is 0 Å². The smallest absolute Gasteiger partial charge is 0.362 e. The normalized spacial score (nSPS) is 9.10. The molecular weight excluding hydrogens is 151 g/mol. The molecule has 0 fully saturated rings. The number of hydrogen-bond donors (Lipinski definition) is 0. The van der Waals surface area contributed by atoms with E-state index in [4.69, 9.17) is 12.8 Å². The first-order valence-corrected chi connectivity index (χ1v) is 4.28. The molecular formula is C6H7O3P. The fraction of sp³-hybridized carbons (Fsp3) is 0.333. The number of rotatable bonds is 3. The van der Waals surface area contributed by atoms with E-state index >= 15 is 0 Å². The summed E-state index contributed by atoms with van der Waals surface area (Å²) in [7, 11) is -3.17. The minimum Gasteiger partial charge on any atom is -0.362 e. The molecule has 0 amide bonds. The Hall–Kier alpha value is -1.05. The van der Waals surface area contributed by atoms with Gasteiger partial charge >= 0.3 is 7.60 Å². The molecule has 0 aliphatic rings. The van der Waals surface area contributed by atoms with Crippen LogP contribution in [0, 0.1) is 25.1 Å². The van der Waals surface area contributed by atoms with Gasteiger partial charge in [-0.2, -0.15) is 0 Å². The summed E-state index contributed by atoms with van der Waals surface area (Å²) in [5.41, 5.74) is 0. The fourth-order valence-electron chi connectivity index (χ4n) is 0.308. The molecule has 3 nitrogen and oxygen atoms in total. The Kier molecular flexibility index (Phi) is 3.47. The zero-order valence-electron chi connectivity index (χ0n) is 5.53. The fourth-order valence-corrected chi connectivity index (χ4v) is 0.925. The van der Waals surface area contributed by atoms with Crippen LogP contribution in [-0.2, 0) is 13.6 Å². The Labute approximate surface area is 60.3 Å². The maximum Gasteiger partial charge on any atom is 0.446 e. The van der Waals surface area contributed by atoms with E-state index in [1.54, 1.807) is 19.1 Å². The van der Waals surface area contributed by atoms with Crippen molar-refractivity contribution in [2.24, 2.45) is 0 Å². The highest BCUT2D eigenvalue weighted by atomic mass is 31.2. The molecule has 4 heteroatoms. The molecule has 0 heterocycles. The summed E-state index contributed by atoms with van der Waals surface area (Å²) in [6, 6.07) is 0. The molecule has 10 heavy (non-hydrogen) atoms. The van der Waals surface area contributed by atoms with Crippen molar-refractivity contribution in [1.82, 2.24) is 0 Å². The Bertz CT molecular complexity index is 200. The van der Waals surface area contributed by atoms with Crippen molar-refractivity contribution < 1.29 is 13.6 Å². The molecule has 0 aliphatic heterocycles. The summed E-state index contributed by atoms with van der Waals surface area (Å²) >= 11 is 0. The van der Waals surface area contributed by atoms with Crippen LogP contribution >= 0.6 is 7.60 Å². The van der Waals surface area contributed by atoms with E-state index in [2.05, 4.69) is 9.05 Å². The van der Waals surface area contributed by atoms with Crippen LogP contribution < -0.4 is 0 Å². The van der Waals surface area contributed by atoms with Crippen LogP contribution in [0.5, 0.6) is 0 Å². The molecule has 0 N–H and O–H groups in total. The standard InChI is InChI=1S/C6H7O3P/c1-4-8-10(7,6-3)9-5-2/h1-2H,6H2,3H3. The van der Waals surface area contributed by atoms with Gasteiger partial charge in [-0.1, -0.05) is 19.8 Å². The molecule has 0 rings (SSSR count). The lowest BCUT2D eigenvalue weighted by Gasteiger charge is -2.07. The highest BCUT2D eigenvalue weighted by Crippen LogP contribution is 2.46.